The third-order valence-corrected chi connectivity index (χ3v) is 1.59. The van der Waals surface area contributed by atoms with Gasteiger partial charge in [-0.05, 0) is 16.1 Å². The van der Waals surface area contributed by atoms with Crippen molar-refractivity contribution in [1.82, 2.24) is 0 Å². The Hall–Kier alpha value is 0.570. The highest BCUT2D eigenvalue weighted by atomic mass is 79.9. The molecule has 0 aromatic heterocycles. The molecule has 0 saturated carbocycles. The predicted molar refractivity (Wildman–Crippen MR) is 36.2 cm³/mol. The van der Waals surface area contributed by atoms with E-state index in [1.165, 1.54) is 0 Å². The SMILES string of the molecule is CCS/C=C/Br. The van der Waals surface area contributed by atoms with E-state index < -0.39 is 0 Å². The van der Waals surface area contributed by atoms with E-state index in [0.29, 0.717) is 0 Å². The fraction of sp³-hybridized carbons (Fsp3) is 0.500. The van der Waals surface area contributed by atoms with E-state index in [2.05, 4.69) is 22.9 Å². The molecular weight excluding hydrogens is 160 g/mol. The lowest BCUT2D eigenvalue weighted by atomic mass is 11.0. The highest BCUT2D eigenvalue weighted by Crippen LogP contribution is 2.00. The van der Waals surface area contributed by atoms with E-state index >= 15 is 0 Å². The van der Waals surface area contributed by atoms with Gasteiger partial charge in [0.05, 0.1) is 0 Å². The van der Waals surface area contributed by atoms with Crippen molar-refractivity contribution in [2.24, 2.45) is 0 Å². The van der Waals surface area contributed by atoms with Gasteiger partial charge in [-0.2, -0.15) is 0 Å². The Morgan fingerprint density at radius 3 is 2.67 bits per heavy atom. The summed E-state index contributed by atoms with van der Waals surface area (Å²) < 4.78 is 0. The molecule has 0 atom stereocenters. The maximum Gasteiger partial charge on any atom is -0.00543 e. The predicted octanol–water partition coefficient (Wildman–Crippen LogP) is 2.61. The molecule has 0 aliphatic heterocycles. The molecule has 0 amide bonds. The molecule has 0 heterocycles. The van der Waals surface area contributed by atoms with Crippen LogP contribution in [0, 0.1) is 0 Å². The maximum atomic E-state index is 3.15. The minimum absolute atomic E-state index is 1.15. The number of halogens is 1. The molecule has 0 saturated heterocycles. The van der Waals surface area contributed by atoms with Crippen LogP contribution in [0.5, 0.6) is 0 Å². The summed E-state index contributed by atoms with van der Waals surface area (Å²) in [5, 5.41) is 2.01. The summed E-state index contributed by atoms with van der Waals surface area (Å²) in [7, 11) is 0. The average molecular weight is 167 g/mol. The van der Waals surface area contributed by atoms with Crippen molar-refractivity contribution in [3.8, 4) is 0 Å². The minimum Gasteiger partial charge on any atom is -0.134 e. The molecule has 0 rings (SSSR count). The fourth-order valence-corrected chi connectivity index (χ4v) is 0.856. The lowest BCUT2D eigenvalue weighted by molar-refractivity contribution is 1.54. The maximum absolute atomic E-state index is 3.15. The van der Waals surface area contributed by atoms with Crippen LogP contribution in [0.4, 0.5) is 0 Å². The molecule has 0 unspecified atom stereocenters. The van der Waals surface area contributed by atoms with Crippen molar-refractivity contribution >= 4 is 27.7 Å². The first kappa shape index (κ1) is 6.57. The van der Waals surface area contributed by atoms with Crippen LogP contribution in [0.25, 0.3) is 0 Å². The van der Waals surface area contributed by atoms with E-state index in [1.807, 2.05) is 10.4 Å². The molecule has 0 aromatic carbocycles. The van der Waals surface area contributed by atoms with E-state index in [0.717, 1.165) is 5.75 Å². The quantitative estimate of drug-likeness (QED) is 0.609. The zero-order chi connectivity index (χ0) is 4.83. The molecule has 0 bridgehead atoms. The Balaban J connectivity index is 2.66. The third-order valence-electron chi connectivity index (χ3n) is 0.314. The van der Waals surface area contributed by atoms with E-state index in [1.54, 1.807) is 11.8 Å². The molecule has 36 valence electrons. The first-order valence-corrected chi connectivity index (χ1v) is 3.75. The largest absolute Gasteiger partial charge is 0.134 e. The second kappa shape index (κ2) is 5.57. The van der Waals surface area contributed by atoms with Crippen LogP contribution in [-0.2, 0) is 0 Å². The van der Waals surface area contributed by atoms with Crippen molar-refractivity contribution in [3.63, 3.8) is 0 Å². The number of hydrogen-bond acceptors (Lipinski definition) is 1. The van der Waals surface area contributed by atoms with Gasteiger partial charge in [0.1, 0.15) is 0 Å². The van der Waals surface area contributed by atoms with Crippen LogP contribution in [0.2, 0.25) is 0 Å². The van der Waals surface area contributed by atoms with Gasteiger partial charge >= 0.3 is 0 Å². The van der Waals surface area contributed by atoms with Gasteiger partial charge in [0, 0.05) is 0 Å². The summed E-state index contributed by atoms with van der Waals surface area (Å²) in [4.78, 5) is 1.86. The number of rotatable bonds is 2. The summed E-state index contributed by atoms with van der Waals surface area (Å²) in [5.74, 6) is 1.15. The molecule has 0 aliphatic carbocycles. The Morgan fingerprint density at radius 2 is 2.50 bits per heavy atom. The van der Waals surface area contributed by atoms with Gasteiger partial charge in [0.2, 0.25) is 0 Å². The van der Waals surface area contributed by atoms with Gasteiger partial charge in [-0.1, -0.05) is 22.9 Å². The van der Waals surface area contributed by atoms with Crippen LogP contribution < -0.4 is 0 Å². The molecule has 0 nitrogen and oxygen atoms in total. The normalized spacial score (nSPS) is 10.3. The second-order valence-electron chi connectivity index (χ2n) is 0.717. The highest BCUT2D eigenvalue weighted by Gasteiger charge is 1.65. The van der Waals surface area contributed by atoms with Crippen molar-refractivity contribution in [3.05, 3.63) is 10.4 Å². The number of thioether (sulfide) groups is 1. The standard InChI is InChI=1S/C4H7BrS/c1-2-6-4-3-5/h3-4H,2H2,1H3/b4-3+. The lowest BCUT2D eigenvalue weighted by Crippen LogP contribution is -1.52. The van der Waals surface area contributed by atoms with E-state index in [4.69, 9.17) is 0 Å². The zero-order valence-corrected chi connectivity index (χ0v) is 6.05. The Labute approximate surface area is 51.1 Å². The molecule has 0 N–H and O–H groups in total. The van der Waals surface area contributed by atoms with Gasteiger partial charge < -0.3 is 0 Å². The summed E-state index contributed by atoms with van der Waals surface area (Å²) in [6.45, 7) is 2.12. The van der Waals surface area contributed by atoms with Gasteiger partial charge in [0.15, 0.2) is 0 Å². The summed E-state index contributed by atoms with van der Waals surface area (Å²) >= 11 is 4.93. The molecule has 6 heavy (non-hydrogen) atoms. The van der Waals surface area contributed by atoms with Crippen LogP contribution in [0.3, 0.4) is 0 Å². The molecular formula is C4H7BrS. The van der Waals surface area contributed by atoms with Gasteiger partial charge in [-0.15, -0.1) is 11.8 Å². The van der Waals surface area contributed by atoms with Crippen LogP contribution in [-0.4, -0.2) is 5.75 Å². The molecule has 0 aromatic rings. The van der Waals surface area contributed by atoms with E-state index in [-0.39, 0.29) is 0 Å². The topological polar surface area (TPSA) is 0 Å². The van der Waals surface area contributed by atoms with Crippen LogP contribution in [0.15, 0.2) is 10.4 Å². The molecule has 0 radical (unpaired) electrons. The Morgan fingerprint density at radius 1 is 1.83 bits per heavy atom. The monoisotopic (exact) mass is 166 g/mol. The summed E-state index contributed by atoms with van der Waals surface area (Å²) in [6, 6.07) is 0. The Kier molecular flexibility index (Phi) is 6.10. The van der Waals surface area contributed by atoms with E-state index in [9.17, 15) is 0 Å². The fourth-order valence-electron chi connectivity index (χ4n) is 0.133. The third kappa shape index (κ3) is 4.57. The Bertz CT molecular complexity index is 42.8. The van der Waals surface area contributed by atoms with Gasteiger partial charge in [-0.3, -0.25) is 0 Å². The minimum atomic E-state index is 1.15. The second-order valence-corrected chi connectivity index (χ2v) is 2.43. The number of hydrogen-bond donors (Lipinski definition) is 0. The zero-order valence-electron chi connectivity index (χ0n) is 3.65. The molecule has 0 aliphatic rings. The van der Waals surface area contributed by atoms with Crippen LogP contribution >= 0.6 is 27.7 Å². The van der Waals surface area contributed by atoms with Gasteiger partial charge in [-0.25, -0.2) is 0 Å². The van der Waals surface area contributed by atoms with Crippen molar-refractivity contribution in [2.45, 2.75) is 6.92 Å². The molecule has 0 fully saturated rings. The van der Waals surface area contributed by atoms with Crippen molar-refractivity contribution in [2.75, 3.05) is 5.75 Å². The first-order valence-electron chi connectivity index (χ1n) is 1.78. The lowest BCUT2D eigenvalue weighted by Gasteiger charge is -1.76. The molecule has 2 heteroatoms. The van der Waals surface area contributed by atoms with Crippen molar-refractivity contribution in [1.29, 1.82) is 0 Å². The smallest absolute Gasteiger partial charge is 0.00543 e. The van der Waals surface area contributed by atoms with Crippen molar-refractivity contribution < 1.29 is 0 Å². The van der Waals surface area contributed by atoms with Crippen LogP contribution in [0.1, 0.15) is 6.92 Å². The average Bonchev–Trinajstić information content (AvgIpc) is 1.61. The summed E-state index contributed by atoms with van der Waals surface area (Å²) in [5.41, 5.74) is 0. The summed E-state index contributed by atoms with van der Waals surface area (Å²) in [6.07, 6.45) is 0. The molecule has 0 spiro atoms. The van der Waals surface area contributed by atoms with Gasteiger partial charge in [0.25, 0.3) is 0 Å². The highest BCUT2D eigenvalue weighted by molar-refractivity contribution is 9.11. The first-order chi connectivity index (χ1) is 2.91.